The van der Waals surface area contributed by atoms with Crippen LogP contribution in [0.25, 0.3) is 89.1 Å². The highest BCUT2D eigenvalue weighted by Crippen LogP contribution is 2.43. The van der Waals surface area contributed by atoms with Gasteiger partial charge in [-0.1, -0.05) is 158 Å². The van der Waals surface area contributed by atoms with Crippen molar-refractivity contribution >= 4 is 61.6 Å². The van der Waals surface area contributed by atoms with Crippen molar-refractivity contribution in [2.24, 2.45) is 0 Å². The third-order valence-electron chi connectivity index (χ3n) is 12.6. The smallest absolute Gasteiger partial charge is 0.136 e. The van der Waals surface area contributed by atoms with E-state index in [0.717, 1.165) is 68.7 Å². The summed E-state index contributed by atoms with van der Waals surface area (Å²) in [6.07, 6.45) is 4.07. The molecular formula is C60H41NO2. The van der Waals surface area contributed by atoms with Crippen molar-refractivity contribution in [3.8, 4) is 44.5 Å². The number of aryl methyl sites for hydroxylation is 1. The van der Waals surface area contributed by atoms with Crippen LogP contribution in [0.15, 0.2) is 227 Å². The van der Waals surface area contributed by atoms with Gasteiger partial charge in [-0.05, 0) is 135 Å². The second-order valence-electron chi connectivity index (χ2n) is 16.4. The summed E-state index contributed by atoms with van der Waals surface area (Å²) in [5.41, 5.74) is 19.2. The van der Waals surface area contributed by atoms with Crippen molar-refractivity contribution in [1.29, 1.82) is 0 Å². The Kier molecular flexibility index (Phi) is 8.97. The zero-order valence-electron chi connectivity index (χ0n) is 34.5. The van der Waals surface area contributed by atoms with Gasteiger partial charge in [0.05, 0.1) is 0 Å². The molecule has 298 valence electrons. The Morgan fingerprint density at radius 3 is 1.59 bits per heavy atom. The lowest BCUT2D eigenvalue weighted by Gasteiger charge is -2.26. The number of hydrogen-bond donors (Lipinski definition) is 0. The molecule has 0 aliphatic heterocycles. The van der Waals surface area contributed by atoms with E-state index in [2.05, 4.69) is 217 Å². The molecule has 0 unspecified atom stereocenters. The van der Waals surface area contributed by atoms with E-state index in [4.69, 9.17) is 8.83 Å². The molecule has 3 nitrogen and oxygen atoms in total. The van der Waals surface area contributed by atoms with Crippen molar-refractivity contribution in [3.63, 3.8) is 0 Å². The van der Waals surface area contributed by atoms with Gasteiger partial charge in [0, 0.05) is 38.8 Å². The topological polar surface area (TPSA) is 29.5 Å². The molecule has 0 spiro atoms. The molecule has 2 heterocycles. The summed E-state index contributed by atoms with van der Waals surface area (Å²) in [5, 5.41) is 3.49. The van der Waals surface area contributed by atoms with Gasteiger partial charge in [-0.15, -0.1) is 0 Å². The summed E-state index contributed by atoms with van der Waals surface area (Å²) in [6.45, 7) is 0. The largest absolute Gasteiger partial charge is 0.456 e. The van der Waals surface area contributed by atoms with Crippen LogP contribution in [0.4, 0.5) is 17.1 Å². The van der Waals surface area contributed by atoms with E-state index >= 15 is 0 Å². The van der Waals surface area contributed by atoms with E-state index in [1.165, 1.54) is 61.0 Å². The Labute approximate surface area is 366 Å². The maximum atomic E-state index is 6.63. The van der Waals surface area contributed by atoms with Crippen molar-refractivity contribution < 1.29 is 8.83 Å². The van der Waals surface area contributed by atoms with E-state index in [0.29, 0.717) is 0 Å². The fourth-order valence-electron chi connectivity index (χ4n) is 9.46. The zero-order chi connectivity index (χ0) is 41.7. The molecule has 0 amide bonds. The maximum Gasteiger partial charge on any atom is 0.136 e. The summed E-state index contributed by atoms with van der Waals surface area (Å²) in [5.74, 6) is 0.944. The number of rotatable bonds is 8. The Hall–Kier alpha value is -8.14. The van der Waals surface area contributed by atoms with E-state index in [1.807, 2.05) is 12.1 Å². The fourth-order valence-corrected chi connectivity index (χ4v) is 9.46. The Morgan fingerprint density at radius 1 is 0.333 bits per heavy atom. The van der Waals surface area contributed by atoms with Crippen molar-refractivity contribution in [2.45, 2.75) is 12.8 Å². The summed E-state index contributed by atoms with van der Waals surface area (Å²) < 4.78 is 12.9. The first-order valence-corrected chi connectivity index (χ1v) is 21.7. The summed E-state index contributed by atoms with van der Waals surface area (Å²) >= 11 is 0. The van der Waals surface area contributed by atoms with Crippen LogP contribution >= 0.6 is 0 Å². The van der Waals surface area contributed by atoms with E-state index in [9.17, 15) is 0 Å². The van der Waals surface area contributed by atoms with Crippen LogP contribution in [0.5, 0.6) is 0 Å². The van der Waals surface area contributed by atoms with Gasteiger partial charge in [-0.25, -0.2) is 0 Å². The first-order chi connectivity index (χ1) is 31.2. The number of allylic oxidation sites excluding steroid dienone is 1. The molecule has 0 bridgehead atoms. The molecule has 9 aromatic carbocycles. The molecule has 2 aromatic heterocycles. The van der Waals surface area contributed by atoms with Crippen LogP contribution in [-0.2, 0) is 6.42 Å². The molecule has 0 radical (unpaired) electrons. The highest BCUT2D eigenvalue weighted by atomic mass is 16.3. The SMILES string of the molecule is C1=C(c2ccc3c(c2)oc2ccccc23)CCc2c1oc1cccc(-c3ccc(N(c4ccc(-c5ccccc5)cc4)c4cccc(-c5ccc(-c6ccccc6)cc5)c4)cc3)c21. The van der Waals surface area contributed by atoms with E-state index < -0.39 is 0 Å². The molecular weight excluding hydrogens is 767 g/mol. The number of para-hydroxylation sites is 1. The molecule has 3 heteroatoms. The molecule has 1 aliphatic carbocycles. The van der Waals surface area contributed by atoms with Gasteiger partial charge >= 0.3 is 0 Å². The number of anilines is 3. The number of benzene rings is 9. The van der Waals surface area contributed by atoms with Crippen LogP contribution < -0.4 is 4.90 Å². The Balaban J connectivity index is 0.893. The zero-order valence-corrected chi connectivity index (χ0v) is 34.5. The van der Waals surface area contributed by atoms with Gasteiger partial charge in [0.15, 0.2) is 0 Å². The average molecular weight is 808 g/mol. The van der Waals surface area contributed by atoms with Crippen LogP contribution in [-0.4, -0.2) is 0 Å². The van der Waals surface area contributed by atoms with Gasteiger partial charge in [-0.2, -0.15) is 0 Å². The molecule has 0 fully saturated rings. The molecule has 0 N–H and O–H groups in total. The van der Waals surface area contributed by atoms with Crippen LogP contribution in [0.1, 0.15) is 23.3 Å². The first kappa shape index (κ1) is 36.7. The van der Waals surface area contributed by atoms with Gasteiger partial charge in [0.2, 0.25) is 0 Å². The molecule has 0 saturated heterocycles. The molecule has 1 aliphatic rings. The van der Waals surface area contributed by atoms with Gasteiger partial charge in [0.25, 0.3) is 0 Å². The van der Waals surface area contributed by atoms with Gasteiger partial charge in [0.1, 0.15) is 22.5 Å². The van der Waals surface area contributed by atoms with Crippen LogP contribution in [0.3, 0.4) is 0 Å². The second kappa shape index (κ2) is 15.4. The number of nitrogens with zero attached hydrogens (tertiary/aromatic N) is 1. The lowest BCUT2D eigenvalue weighted by Crippen LogP contribution is -2.10. The quantitative estimate of drug-likeness (QED) is 0.153. The highest BCUT2D eigenvalue weighted by molar-refractivity contribution is 6.06. The highest BCUT2D eigenvalue weighted by Gasteiger charge is 2.23. The predicted molar refractivity (Wildman–Crippen MR) is 263 cm³/mol. The summed E-state index contributed by atoms with van der Waals surface area (Å²) in [7, 11) is 0. The Bertz CT molecular complexity index is 3470. The molecule has 11 aromatic rings. The monoisotopic (exact) mass is 807 g/mol. The van der Waals surface area contributed by atoms with Crippen molar-refractivity contribution in [3.05, 3.63) is 235 Å². The third kappa shape index (κ3) is 6.72. The summed E-state index contributed by atoms with van der Waals surface area (Å²) in [6, 6.07) is 78.0. The predicted octanol–water partition coefficient (Wildman–Crippen LogP) is 17.0. The third-order valence-corrected chi connectivity index (χ3v) is 12.6. The van der Waals surface area contributed by atoms with Crippen molar-refractivity contribution in [1.82, 2.24) is 0 Å². The lowest BCUT2D eigenvalue weighted by molar-refractivity contribution is 0.596. The van der Waals surface area contributed by atoms with Gasteiger partial charge < -0.3 is 13.7 Å². The minimum Gasteiger partial charge on any atom is -0.456 e. The van der Waals surface area contributed by atoms with E-state index in [-0.39, 0.29) is 0 Å². The fraction of sp³-hybridized carbons (Fsp3) is 0.0333. The normalized spacial score (nSPS) is 12.4. The number of fused-ring (bicyclic) bond motifs is 6. The minimum absolute atomic E-state index is 0.902. The van der Waals surface area contributed by atoms with Crippen molar-refractivity contribution in [2.75, 3.05) is 4.90 Å². The van der Waals surface area contributed by atoms with Crippen LogP contribution in [0.2, 0.25) is 0 Å². The standard InChI is InChI=1S/C60H41NO2/c1-3-11-40(12-4-1)42-21-23-44(24-22-42)46-15-9-16-51(37-46)61(49-31-25-43(26-32-49)41-13-5-2-6-14-41)50-33-27-45(28-34-50)52-18-10-20-57-60(52)55-36-30-48(39-59(55)63-57)47-29-35-54-53-17-7-8-19-56(53)62-58(54)38-47/h1-29,31-35,37-39H,30,36H2. The number of furan rings is 2. The van der Waals surface area contributed by atoms with E-state index in [1.54, 1.807) is 0 Å². The summed E-state index contributed by atoms with van der Waals surface area (Å²) in [4.78, 5) is 2.36. The second-order valence-corrected chi connectivity index (χ2v) is 16.4. The van der Waals surface area contributed by atoms with Crippen LogP contribution in [0, 0.1) is 0 Å². The van der Waals surface area contributed by atoms with Gasteiger partial charge in [-0.3, -0.25) is 0 Å². The number of hydrogen-bond acceptors (Lipinski definition) is 3. The average Bonchev–Trinajstić information content (AvgIpc) is 3.93. The maximum absolute atomic E-state index is 6.63. The minimum atomic E-state index is 0.902. The Morgan fingerprint density at radius 2 is 0.873 bits per heavy atom. The molecule has 0 saturated carbocycles. The lowest BCUT2D eigenvalue weighted by atomic mass is 9.89. The molecule has 63 heavy (non-hydrogen) atoms. The molecule has 0 atom stereocenters. The molecule has 12 rings (SSSR count). The first-order valence-electron chi connectivity index (χ1n) is 21.7.